The third-order valence-corrected chi connectivity index (χ3v) is 1.77. The molecule has 0 radical (unpaired) electrons. The van der Waals surface area contributed by atoms with E-state index in [1.54, 1.807) is 0 Å². The zero-order valence-corrected chi connectivity index (χ0v) is 7.02. The monoisotopic (exact) mass is 190 g/mol. The van der Waals surface area contributed by atoms with E-state index in [0.29, 0.717) is 0 Å². The maximum atomic E-state index is 12.6. The molecule has 0 unspecified atom stereocenters. The highest BCUT2D eigenvalue weighted by molar-refractivity contribution is 5.30. The molecule has 2 N–H and O–H groups in total. The van der Waals surface area contributed by atoms with Crippen LogP contribution in [-0.2, 0) is 6.54 Å². The van der Waals surface area contributed by atoms with Crippen molar-refractivity contribution in [3.05, 3.63) is 28.8 Å². The van der Waals surface area contributed by atoms with Crippen LogP contribution in [-0.4, -0.2) is 4.98 Å². The quantitative estimate of drug-likeness (QED) is 0.723. The van der Waals surface area contributed by atoms with Gasteiger partial charge in [-0.1, -0.05) is 0 Å². The third-order valence-electron chi connectivity index (χ3n) is 1.77. The first kappa shape index (κ1) is 9.98. The van der Waals surface area contributed by atoms with Crippen LogP contribution in [0, 0.1) is 12.9 Å². The van der Waals surface area contributed by atoms with Gasteiger partial charge in [-0.3, -0.25) is 0 Å². The summed E-state index contributed by atoms with van der Waals surface area (Å²) in [6.45, 7) is 1.40. The molecule has 0 spiro atoms. The zero-order valence-electron chi connectivity index (χ0n) is 7.02. The average Bonchev–Trinajstić information content (AvgIpc) is 2.02. The van der Waals surface area contributed by atoms with Gasteiger partial charge in [-0.15, -0.1) is 0 Å². The zero-order chi connectivity index (χ0) is 10.0. The predicted molar refractivity (Wildman–Crippen MR) is 41.8 cm³/mol. The summed E-state index contributed by atoms with van der Waals surface area (Å²) in [6, 6.07) is 0.722. The maximum Gasteiger partial charge on any atom is 0.264 e. The number of alkyl halides is 2. The van der Waals surface area contributed by atoms with Crippen LogP contribution in [0.15, 0.2) is 6.07 Å². The van der Waals surface area contributed by atoms with E-state index in [0.717, 1.165) is 6.07 Å². The van der Waals surface area contributed by atoms with Gasteiger partial charge in [0.05, 0.1) is 0 Å². The fourth-order valence-corrected chi connectivity index (χ4v) is 1.14. The minimum Gasteiger partial charge on any atom is -0.326 e. The lowest BCUT2D eigenvalue weighted by Crippen LogP contribution is -2.07. The molecular weight excluding hydrogens is 181 g/mol. The van der Waals surface area contributed by atoms with Gasteiger partial charge in [-0.05, 0) is 12.5 Å². The number of pyridine rings is 1. The molecule has 1 heterocycles. The Bertz CT molecular complexity index is 313. The number of halogens is 3. The van der Waals surface area contributed by atoms with E-state index < -0.39 is 12.4 Å². The highest BCUT2D eigenvalue weighted by Gasteiger charge is 2.16. The van der Waals surface area contributed by atoms with Crippen LogP contribution in [0.25, 0.3) is 0 Å². The summed E-state index contributed by atoms with van der Waals surface area (Å²) in [6.07, 6.45) is -2.71. The van der Waals surface area contributed by atoms with Gasteiger partial charge in [0.25, 0.3) is 6.43 Å². The first-order valence-corrected chi connectivity index (χ1v) is 3.70. The Hall–Kier alpha value is -1.10. The summed E-state index contributed by atoms with van der Waals surface area (Å²) < 4.78 is 37.3. The summed E-state index contributed by atoms with van der Waals surface area (Å²) in [5.41, 5.74) is 5.31. The molecule has 0 atom stereocenters. The van der Waals surface area contributed by atoms with E-state index in [9.17, 15) is 13.2 Å². The van der Waals surface area contributed by atoms with Crippen molar-refractivity contribution in [2.45, 2.75) is 19.9 Å². The van der Waals surface area contributed by atoms with Gasteiger partial charge in [0.2, 0.25) is 5.95 Å². The normalized spacial score (nSPS) is 10.9. The Morgan fingerprint density at radius 2 is 2.15 bits per heavy atom. The van der Waals surface area contributed by atoms with Crippen molar-refractivity contribution >= 4 is 0 Å². The molecule has 0 aliphatic carbocycles. The Labute approximate surface area is 73.6 Å². The van der Waals surface area contributed by atoms with Gasteiger partial charge in [-0.2, -0.15) is 4.39 Å². The molecule has 0 aliphatic heterocycles. The molecule has 1 aromatic heterocycles. The number of nitrogens with zero attached hydrogens (tertiary/aromatic N) is 1. The summed E-state index contributed by atoms with van der Waals surface area (Å²) >= 11 is 0. The number of hydrogen-bond acceptors (Lipinski definition) is 2. The Morgan fingerprint density at radius 1 is 1.54 bits per heavy atom. The summed E-state index contributed by atoms with van der Waals surface area (Å²) in [5, 5.41) is 0. The van der Waals surface area contributed by atoms with Crippen molar-refractivity contribution in [2.24, 2.45) is 5.73 Å². The van der Waals surface area contributed by atoms with Crippen molar-refractivity contribution < 1.29 is 13.2 Å². The highest BCUT2D eigenvalue weighted by Crippen LogP contribution is 2.24. The molecular formula is C8H9F3N2. The van der Waals surface area contributed by atoms with Gasteiger partial charge >= 0.3 is 0 Å². The first-order valence-electron chi connectivity index (χ1n) is 3.70. The molecule has 1 aromatic rings. The van der Waals surface area contributed by atoms with Crippen LogP contribution in [0.2, 0.25) is 0 Å². The number of aromatic nitrogens is 1. The van der Waals surface area contributed by atoms with E-state index in [-0.39, 0.29) is 23.4 Å². The second kappa shape index (κ2) is 3.74. The second-order valence-corrected chi connectivity index (χ2v) is 2.60. The van der Waals surface area contributed by atoms with Gasteiger partial charge < -0.3 is 5.73 Å². The minimum atomic E-state index is -2.71. The number of rotatable bonds is 2. The third kappa shape index (κ3) is 1.98. The lowest BCUT2D eigenvalue weighted by Gasteiger charge is -2.08. The molecule has 0 fully saturated rings. The largest absolute Gasteiger partial charge is 0.326 e. The lowest BCUT2D eigenvalue weighted by atomic mass is 10.1. The molecule has 0 amide bonds. The van der Waals surface area contributed by atoms with Crippen LogP contribution in [0.3, 0.4) is 0 Å². The fourth-order valence-electron chi connectivity index (χ4n) is 1.14. The predicted octanol–water partition coefficient (Wildman–Crippen LogP) is 1.93. The van der Waals surface area contributed by atoms with Crippen molar-refractivity contribution in [2.75, 3.05) is 0 Å². The molecule has 0 saturated heterocycles. The smallest absolute Gasteiger partial charge is 0.264 e. The van der Waals surface area contributed by atoms with Gasteiger partial charge in [0.15, 0.2) is 0 Å². The van der Waals surface area contributed by atoms with Crippen molar-refractivity contribution in [1.29, 1.82) is 0 Å². The summed E-state index contributed by atoms with van der Waals surface area (Å²) in [5.74, 6) is -0.898. The molecule has 0 aromatic carbocycles. The molecule has 5 heteroatoms. The van der Waals surface area contributed by atoms with E-state index in [2.05, 4.69) is 4.98 Å². The molecule has 0 saturated carbocycles. The van der Waals surface area contributed by atoms with E-state index in [1.807, 2.05) is 0 Å². The molecule has 1 rings (SSSR count). The highest BCUT2D eigenvalue weighted by atomic mass is 19.3. The molecule has 0 aliphatic rings. The van der Waals surface area contributed by atoms with Crippen LogP contribution in [0.4, 0.5) is 13.2 Å². The molecule has 0 bridgehead atoms. The molecule has 13 heavy (non-hydrogen) atoms. The number of nitrogens with two attached hydrogens (primary N) is 1. The van der Waals surface area contributed by atoms with Crippen molar-refractivity contribution in [1.82, 2.24) is 4.98 Å². The lowest BCUT2D eigenvalue weighted by molar-refractivity contribution is 0.149. The van der Waals surface area contributed by atoms with Crippen LogP contribution >= 0.6 is 0 Å². The van der Waals surface area contributed by atoms with Crippen molar-refractivity contribution in [3.63, 3.8) is 0 Å². The Morgan fingerprint density at radius 3 is 2.62 bits per heavy atom. The Balaban J connectivity index is 3.29. The van der Waals surface area contributed by atoms with Crippen molar-refractivity contribution in [3.8, 4) is 0 Å². The number of hydrogen-bond donors (Lipinski definition) is 1. The minimum absolute atomic E-state index is 0.0568. The maximum absolute atomic E-state index is 12.6. The summed E-state index contributed by atoms with van der Waals surface area (Å²) in [4.78, 5) is 3.41. The second-order valence-electron chi connectivity index (χ2n) is 2.60. The standard InChI is InChI=1S/C8H9F3N2/c1-4-6(3-12)5(8(10)11)2-7(9)13-4/h2,8H,3,12H2,1H3. The number of aryl methyl sites for hydroxylation is 1. The van der Waals surface area contributed by atoms with Crippen LogP contribution in [0.1, 0.15) is 23.2 Å². The first-order chi connectivity index (χ1) is 6.06. The Kier molecular flexibility index (Phi) is 2.87. The van der Waals surface area contributed by atoms with Crippen LogP contribution in [0.5, 0.6) is 0 Å². The molecule has 72 valence electrons. The van der Waals surface area contributed by atoms with Gasteiger partial charge in [-0.25, -0.2) is 13.8 Å². The molecule has 2 nitrogen and oxygen atoms in total. The van der Waals surface area contributed by atoms with E-state index in [4.69, 9.17) is 5.73 Å². The van der Waals surface area contributed by atoms with E-state index >= 15 is 0 Å². The van der Waals surface area contributed by atoms with Gasteiger partial charge in [0, 0.05) is 23.9 Å². The summed E-state index contributed by atoms with van der Waals surface area (Å²) in [7, 11) is 0. The van der Waals surface area contributed by atoms with Crippen LogP contribution < -0.4 is 5.73 Å². The topological polar surface area (TPSA) is 38.9 Å². The average molecular weight is 190 g/mol. The van der Waals surface area contributed by atoms with E-state index in [1.165, 1.54) is 6.92 Å². The van der Waals surface area contributed by atoms with Gasteiger partial charge in [0.1, 0.15) is 0 Å². The fraction of sp³-hybridized carbons (Fsp3) is 0.375. The SMILES string of the molecule is Cc1nc(F)cc(C(F)F)c1CN.